The molecule has 8 heteroatoms. The lowest BCUT2D eigenvalue weighted by atomic mass is 10.1. The molecule has 1 aromatic heterocycles. The van der Waals surface area contributed by atoms with Gasteiger partial charge in [0.15, 0.2) is 0 Å². The minimum atomic E-state index is -0.265. The number of halogens is 1. The van der Waals surface area contributed by atoms with Gasteiger partial charge in [0.05, 0.1) is 18.5 Å². The Morgan fingerprint density at radius 1 is 1.60 bits per heavy atom. The lowest BCUT2D eigenvalue weighted by molar-refractivity contribution is 0.0983. The number of ether oxygens (including phenoxy) is 1. The molecule has 1 aliphatic heterocycles. The van der Waals surface area contributed by atoms with Gasteiger partial charge < -0.3 is 15.0 Å². The van der Waals surface area contributed by atoms with Crippen molar-refractivity contribution in [2.45, 2.75) is 25.8 Å². The van der Waals surface area contributed by atoms with Gasteiger partial charge in [-0.15, -0.1) is 0 Å². The Morgan fingerprint density at radius 3 is 2.95 bits per heavy atom. The van der Waals surface area contributed by atoms with E-state index in [9.17, 15) is 9.59 Å². The molecule has 0 spiro atoms. The Kier molecular flexibility index (Phi) is 4.99. The highest BCUT2D eigenvalue weighted by molar-refractivity contribution is 9.10. The normalized spacial score (nSPS) is 16.0. The van der Waals surface area contributed by atoms with Crippen LogP contribution in [0, 0.1) is 0 Å². The van der Waals surface area contributed by atoms with Crippen molar-refractivity contribution in [3.8, 4) is 0 Å². The molecule has 110 valence electrons. The predicted octanol–water partition coefficient (Wildman–Crippen LogP) is 1.57. The van der Waals surface area contributed by atoms with E-state index in [-0.39, 0.29) is 17.7 Å². The smallest absolute Gasteiger partial charge is 0.409 e. The van der Waals surface area contributed by atoms with Gasteiger partial charge in [0.1, 0.15) is 4.47 Å². The number of likely N-dealkylation sites (tertiary alicyclic amines) is 1. The molecule has 20 heavy (non-hydrogen) atoms. The second-order valence-corrected chi connectivity index (χ2v) is 5.32. The van der Waals surface area contributed by atoms with Crippen molar-refractivity contribution in [1.82, 2.24) is 15.1 Å². The second-order valence-electron chi connectivity index (χ2n) is 4.53. The number of hydrogen-bond donors (Lipinski definition) is 2. The molecule has 1 saturated heterocycles. The van der Waals surface area contributed by atoms with E-state index in [2.05, 4.69) is 31.4 Å². The molecular formula is C12H17BrN4O3. The number of piperidine rings is 1. The summed E-state index contributed by atoms with van der Waals surface area (Å²) < 4.78 is 5.42. The average Bonchev–Trinajstić information content (AvgIpc) is 2.45. The number of H-pyrrole nitrogens is 1. The van der Waals surface area contributed by atoms with Crippen LogP contribution in [0.5, 0.6) is 0 Å². The lowest BCUT2D eigenvalue weighted by Crippen LogP contribution is -2.42. The van der Waals surface area contributed by atoms with Crippen LogP contribution in [0.3, 0.4) is 0 Å². The largest absolute Gasteiger partial charge is 0.450 e. The number of carbonyl (C=O) groups is 1. The summed E-state index contributed by atoms with van der Waals surface area (Å²) in [5, 5.41) is 9.39. The lowest BCUT2D eigenvalue weighted by Gasteiger charge is -2.32. The summed E-state index contributed by atoms with van der Waals surface area (Å²) in [6.07, 6.45) is 2.92. The number of aromatic amines is 1. The first-order chi connectivity index (χ1) is 9.61. The Hall–Kier alpha value is -1.57. The molecule has 0 saturated carbocycles. The first-order valence-corrected chi connectivity index (χ1v) is 7.32. The quantitative estimate of drug-likeness (QED) is 0.868. The molecule has 0 radical (unpaired) electrons. The third kappa shape index (κ3) is 3.50. The SMILES string of the molecule is CCOC(=O)N1CCC(Nc2cn[nH]c(=O)c2Br)CC1. The van der Waals surface area contributed by atoms with Crippen molar-refractivity contribution in [2.24, 2.45) is 0 Å². The molecule has 0 unspecified atom stereocenters. The van der Waals surface area contributed by atoms with Crippen LogP contribution in [0.15, 0.2) is 15.5 Å². The van der Waals surface area contributed by atoms with E-state index in [1.54, 1.807) is 18.0 Å². The highest BCUT2D eigenvalue weighted by Gasteiger charge is 2.24. The van der Waals surface area contributed by atoms with Gasteiger partial charge in [0, 0.05) is 19.1 Å². The Balaban J connectivity index is 1.90. The summed E-state index contributed by atoms with van der Waals surface area (Å²) in [7, 11) is 0. The van der Waals surface area contributed by atoms with E-state index in [0.29, 0.717) is 29.9 Å². The topological polar surface area (TPSA) is 87.3 Å². The van der Waals surface area contributed by atoms with E-state index in [1.165, 1.54) is 0 Å². The first kappa shape index (κ1) is 14.8. The molecule has 2 heterocycles. The van der Waals surface area contributed by atoms with E-state index < -0.39 is 0 Å². The number of nitrogens with one attached hydrogen (secondary N) is 2. The van der Waals surface area contributed by atoms with Crippen LogP contribution in [0.1, 0.15) is 19.8 Å². The molecule has 0 aromatic carbocycles. The minimum Gasteiger partial charge on any atom is -0.450 e. The van der Waals surface area contributed by atoms with E-state index >= 15 is 0 Å². The Labute approximate surface area is 124 Å². The number of carbonyl (C=O) groups excluding carboxylic acids is 1. The van der Waals surface area contributed by atoms with Crippen LogP contribution in [0.4, 0.5) is 10.5 Å². The summed E-state index contributed by atoms with van der Waals surface area (Å²) in [5.74, 6) is 0. The van der Waals surface area contributed by atoms with Crippen molar-refractivity contribution in [3.05, 3.63) is 21.0 Å². The van der Waals surface area contributed by atoms with Crippen molar-refractivity contribution >= 4 is 27.7 Å². The molecule has 2 N–H and O–H groups in total. The van der Waals surface area contributed by atoms with Gasteiger partial charge in [-0.1, -0.05) is 0 Å². The van der Waals surface area contributed by atoms with E-state index in [0.717, 1.165) is 12.8 Å². The fraction of sp³-hybridized carbons (Fsp3) is 0.583. The minimum absolute atomic E-state index is 0.209. The molecule has 1 amide bonds. The van der Waals surface area contributed by atoms with E-state index in [4.69, 9.17) is 4.74 Å². The van der Waals surface area contributed by atoms with Gasteiger partial charge in [-0.25, -0.2) is 9.89 Å². The van der Waals surface area contributed by atoms with Crippen molar-refractivity contribution in [1.29, 1.82) is 0 Å². The summed E-state index contributed by atoms with van der Waals surface area (Å²) >= 11 is 3.23. The number of hydrogen-bond acceptors (Lipinski definition) is 5. The van der Waals surface area contributed by atoms with Gasteiger partial charge in [-0.3, -0.25) is 4.79 Å². The Morgan fingerprint density at radius 2 is 2.30 bits per heavy atom. The van der Waals surface area contributed by atoms with Gasteiger partial charge in [-0.2, -0.15) is 5.10 Å². The molecule has 1 aromatic rings. The molecule has 1 aliphatic rings. The highest BCUT2D eigenvalue weighted by atomic mass is 79.9. The molecule has 1 fully saturated rings. The van der Waals surface area contributed by atoms with Gasteiger partial charge in [0.25, 0.3) is 5.56 Å². The predicted molar refractivity (Wildman–Crippen MR) is 77.8 cm³/mol. The number of anilines is 1. The fourth-order valence-electron chi connectivity index (χ4n) is 2.13. The average molecular weight is 345 g/mol. The van der Waals surface area contributed by atoms with Crippen molar-refractivity contribution in [2.75, 3.05) is 25.0 Å². The molecule has 2 rings (SSSR count). The second kappa shape index (κ2) is 6.74. The third-order valence-corrected chi connectivity index (χ3v) is 3.96. The fourth-order valence-corrected chi connectivity index (χ4v) is 2.43. The zero-order chi connectivity index (χ0) is 14.5. The van der Waals surface area contributed by atoms with Gasteiger partial charge in [-0.05, 0) is 35.7 Å². The van der Waals surface area contributed by atoms with Crippen LogP contribution >= 0.6 is 15.9 Å². The van der Waals surface area contributed by atoms with E-state index in [1.807, 2.05) is 0 Å². The zero-order valence-electron chi connectivity index (χ0n) is 11.2. The van der Waals surface area contributed by atoms with Crippen LogP contribution in [-0.2, 0) is 4.74 Å². The number of aromatic nitrogens is 2. The van der Waals surface area contributed by atoms with Gasteiger partial charge in [0.2, 0.25) is 0 Å². The highest BCUT2D eigenvalue weighted by Crippen LogP contribution is 2.20. The molecule has 7 nitrogen and oxygen atoms in total. The molecule has 0 aliphatic carbocycles. The first-order valence-electron chi connectivity index (χ1n) is 6.53. The monoisotopic (exact) mass is 344 g/mol. The van der Waals surface area contributed by atoms with Crippen LogP contribution in [0.25, 0.3) is 0 Å². The third-order valence-electron chi connectivity index (χ3n) is 3.18. The number of rotatable bonds is 3. The maximum Gasteiger partial charge on any atom is 0.409 e. The standard InChI is InChI=1S/C12H17BrN4O3/c1-2-20-12(19)17-5-3-8(4-6-17)15-9-7-14-16-11(18)10(9)13/h7-8H,2-6H2,1H3,(H2,15,16,18). The molecule has 0 bridgehead atoms. The number of amides is 1. The van der Waals surface area contributed by atoms with Crippen LogP contribution in [-0.4, -0.2) is 46.9 Å². The van der Waals surface area contributed by atoms with Crippen LogP contribution in [0.2, 0.25) is 0 Å². The van der Waals surface area contributed by atoms with Crippen molar-refractivity contribution < 1.29 is 9.53 Å². The van der Waals surface area contributed by atoms with Crippen molar-refractivity contribution in [3.63, 3.8) is 0 Å². The number of nitrogens with zero attached hydrogens (tertiary/aromatic N) is 2. The Bertz CT molecular complexity index is 526. The van der Waals surface area contributed by atoms with Gasteiger partial charge >= 0.3 is 6.09 Å². The molecule has 0 atom stereocenters. The maximum absolute atomic E-state index is 11.6. The van der Waals surface area contributed by atoms with Crippen LogP contribution < -0.4 is 10.9 Å². The summed E-state index contributed by atoms with van der Waals surface area (Å²) in [4.78, 5) is 24.7. The summed E-state index contributed by atoms with van der Waals surface area (Å²) in [6.45, 7) is 3.47. The zero-order valence-corrected chi connectivity index (χ0v) is 12.8. The summed E-state index contributed by atoms with van der Waals surface area (Å²) in [6, 6.07) is 0.209. The maximum atomic E-state index is 11.6. The summed E-state index contributed by atoms with van der Waals surface area (Å²) in [5.41, 5.74) is 0.405. The molecular weight excluding hydrogens is 328 g/mol.